The summed E-state index contributed by atoms with van der Waals surface area (Å²) in [4.78, 5) is 24.4. The van der Waals surface area contributed by atoms with Gasteiger partial charge in [-0.15, -0.1) is 0 Å². The highest BCUT2D eigenvalue weighted by Crippen LogP contribution is 1.94. The van der Waals surface area contributed by atoms with Crippen molar-refractivity contribution in [2.75, 3.05) is 13.1 Å². The first-order valence-corrected chi connectivity index (χ1v) is 6.99. The molecule has 110 valence electrons. The van der Waals surface area contributed by atoms with Crippen molar-refractivity contribution in [3.8, 4) is 0 Å². The summed E-state index contributed by atoms with van der Waals surface area (Å²) in [6.45, 7) is 7.62. The molecule has 0 saturated heterocycles. The van der Waals surface area contributed by atoms with Crippen LogP contribution in [0.4, 0.5) is 4.79 Å². The van der Waals surface area contributed by atoms with E-state index in [0.717, 1.165) is 18.0 Å². The van der Waals surface area contributed by atoms with Crippen LogP contribution in [-0.2, 0) is 11.3 Å². The second kappa shape index (κ2) is 8.32. The van der Waals surface area contributed by atoms with Gasteiger partial charge in [-0.1, -0.05) is 30.3 Å². The average molecular weight is 278 g/mol. The summed E-state index contributed by atoms with van der Waals surface area (Å²) < 4.78 is 0. The lowest BCUT2D eigenvalue weighted by Crippen LogP contribution is -3.11. The number of urea groups is 1. The Labute approximate surface area is 120 Å². The van der Waals surface area contributed by atoms with Crippen molar-refractivity contribution < 1.29 is 14.5 Å². The highest BCUT2D eigenvalue weighted by molar-refractivity contribution is 5.94. The fourth-order valence-electron chi connectivity index (χ4n) is 1.89. The third kappa shape index (κ3) is 6.33. The Morgan fingerprint density at radius 1 is 1.20 bits per heavy atom. The van der Waals surface area contributed by atoms with Gasteiger partial charge in [0.2, 0.25) is 0 Å². The number of amides is 3. The second-order valence-electron chi connectivity index (χ2n) is 5.12. The molecule has 0 aliphatic rings. The van der Waals surface area contributed by atoms with Crippen LogP contribution >= 0.6 is 0 Å². The first kappa shape index (κ1) is 16.2. The zero-order valence-corrected chi connectivity index (χ0v) is 12.4. The van der Waals surface area contributed by atoms with E-state index >= 15 is 0 Å². The summed E-state index contributed by atoms with van der Waals surface area (Å²) >= 11 is 0. The Morgan fingerprint density at radius 2 is 1.85 bits per heavy atom. The fraction of sp³-hybridized carbons (Fsp3) is 0.467. The van der Waals surface area contributed by atoms with Crippen LogP contribution in [0.15, 0.2) is 30.3 Å². The van der Waals surface area contributed by atoms with Crippen LogP contribution in [0.5, 0.6) is 0 Å². The molecule has 1 rings (SSSR count). The molecule has 0 spiro atoms. The Morgan fingerprint density at radius 3 is 2.40 bits per heavy atom. The lowest BCUT2D eigenvalue weighted by atomic mass is 10.2. The molecule has 0 saturated carbocycles. The molecule has 0 heterocycles. The maximum absolute atomic E-state index is 11.8. The molecule has 3 N–H and O–H groups in total. The molecule has 0 radical (unpaired) electrons. The summed E-state index contributed by atoms with van der Waals surface area (Å²) in [5.41, 5.74) is 1.18. The zero-order valence-electron chi connectivity index (χ0n) is 12.4. The minimum Gasteiger partial charge on any atom is -0.336 e. The van der Waals surface area contributed by atoms with Crippen LogP contribution < -0.4 is 15.5 Å². The number of likely N-dealkylation sites (N-methyl/N-ethyl adjacent to an activating group) is 1. The Balaban J connectivity index is 2.43. The summed E-state index contributed by atoms with van der Waals surface area (Å²) in [5, 5.41) is 4.99. The lowest BCUT2D eigenvalue weighted by Gasteiger charge is -2.17. The van der Waals surface area contributed by atoms with E-state index in [4.69, 9.17) is 0 Å². The van der Waals surface area contributed by atoms with E-state index in [1.54, 1.807) is 0 Å². The van der Waals surface area contributed by atoms with Crippen molar-refractivity contribution in [2.24, 2.45) is 0 Å². The van der Waals surface area contributed by atoms with Gasteiger partial charge in [0, 0.05) is 11.6 Å². The van der Waals surface area contributed by atoms with Crippen LogP contribution in [0.2, 0.25) is 0 Å². The number of benzene rings is 1. The highest BCUT2D eigenvalue weighted by Gasteiger charge is 2.15. The lowest BCUT2D eigenvalue weighted by molar-refractivity contribution is -0.904. The maximum Gasteiger partial charge on any atom is 0.321 e. The van der Waals surface area contributed by atoms with Gasteiger partial charge in [0.15, 0.2) is 6.54 Å². The Bertz CT molecular complexity index is 432. The molecule has 0 aromatic heterocycles. The molecular formula is C15H24N3O2+. The summed E-state index contributed by atoms with van der Waals surface area (Å²) in [5.74, 6) is -0.254. The number of hydrogen-bond donors (Lipinski definition) is 3. The minimum absolute atomic E-state index is 0.0155. The van der Waals surface area contributed by atoms with Crippen molar-refractivity contribution >= 4 is 11.9 Å². The Kier molecular flexibility index (Phi) is 6.73. The van der Waals surface area contributed by atoms with Gasteiger partial charge in [0.25, 0.3) is 5.91 Å². The van der Waals surface area contributed by atoms with E-state index in [9.17, 15) is 9.59 Å². The maximum atomic E-state index is 11.8. The molecule has 20 heavy (non-hydrogen) atoms. The standard InChI is InChI=1S/C15H23N3O2/c1-4-18(10-13-8-6-5-7-9-13)11-14(19)17-15(20)16-12(2)3/h5-9,12H,4,10-11H2,1-3H3,(H2,16,17,19,20)/p+1. The first-order valence-electron chi connectivity index (χ1n) is 6.99. The average Bonchev–Trinajstić information content (AvgIpc) is 2.37. The smallest absolute Gasteiger partial charge is 0.321 e. The van der Waals surface area contributed by atoms with E-state index in [-0.39, 0.29) is 18.5 Å². The van der Waals surface area contributed by atoms with E-state index in [2.05, 4.69) is 10.6 Å². The minimum atomic E-state index is -0.430. The summed E-state index contributed by atoms with van der Waals surface area (Å²) in [6.07, 6.45) is 0. The van der Waals surface area contributed by atoms with Gasteiger partial charge in [-0.3, -0.25) is 10.1 Å². The van der Waals surface area contributed by atoms with Crippen molar-refractivity contribution in [3.63, 3.8) is 0 Å². The number of nitrogens with one attached hydrogen (secondary N) is 3. The number of carbonyl (C=O) groups is 2. The van der Waals surface area contributed by atoms with Gasteiger partial charge >= 0.3 is 6.03 Å². The number of quaternary nitrogens is 1. The molecule has 1 atom stereocenters. The first-order chi connectivity index (χ1) is 9.51. The van der Waals surface area contributed by atoms with Gasteiger partial charge in [-0.2, -0.15) is 0 Å². The third-order valence-electron chi connectivity index (χ3n) is 2.88. The summed E-state index contributed by atoms with van der Waals surface area (Å²) in [7, 11) is 0. The quantitative estimate of drug-likeness (QED) is 0.702. The van der Waals surface area contributed by atoms with Crippen molar-refractivity contribution in [1.82, 2.24) is 10.6 Å². The molecule has 5 heteroatoms. The normalized spacial score (nSPS) is 12.0. The number of rotatable bonds is 6. The topological polar surface area (TPSA) is 62.6 Å². The largest absolute Gasteiger partial charge is 0.336 e. The number of imide groups is 1. The molecular weight excluding hydrogens is 254 g/mol. The molecule has 0 bridgehead atoms. The fourth-order valence-corrected chi connectivity index (χ4v) is 1.89. The van der Waals surface area contributed by atoms with E-state index in [0.29, 0.717) is 0 Å². The second-order valence-corrected chi connectivity index (χ2v) is 5.12. The van der Waals surface area contributed by atoms with Gasteiger partial charge < -0.3 is 10.2 Å². The van der Waals surface area contributed by atoms with Gasteiger partial charge in [0.05, 0.1) is 6.54 Å². The molecule has 0 aliphatic carbocycles. The molecule has 1 aromatic carbocycles. The SMILES string of the molecule is CC[NH+](CC(=O)NC(=O)NC(C)C)Cc1ccccc1. The van der Waals surface area contributed by atoms with E-state index < -0.39 is 6.03 Å². The molecule has 3 amide bonds. The molecule has 5 nitrogen and oxygen atoms in total. The number of hydrogen-bond acceptors (Lipinski definition) is 2. The molecule has 0 fully saturated rings. The molecule has 1 aromatic rings. The van der Waals surface area contributed by atoms with Gasteiger partial charge in [-0.05, 0) is 20.8 Å². The van der Waals surface area contributed by atoms with Gasteiger partial charge in [-0.25, -0.2) is 4.79 Å². The van der Waals surface area contributed by atoms with Gasteiger partial charge in [0.1, 0.15) is 6.54 Å². The third-order valence-corrected chi connectivity index (χ3v) is 2.88. The van der Waals surface area contributed by atoms with E-state index in [1.165, 1.54) is 5.56 Å². The van der Waals surface area contributed by atoms with Crippen molar-refractivity contribution in [1.29, 1.82) is 0 Å². The zero-order chi connectivity index (χ0) is 15.0. The molecule has 1 unspecified atom stereocenters. The highest BCUT2D eigenvalue weighted by atomic mass is 16.2. The summed E-state index contributed by atoms with van der Waals surface area (Å²) in [6, 6.07) is 9.61. The van der Waals surface area contributed by atoms with Crippen LogP contribution in [0, 0.1) is 0 Å². The van der Waals surface area contributed by atoms with Crippen LogP contribution in [-0.4, -0.2) is 31.1 Å². The monoisotopic (exact) mass is 278 g/mol. The van der Waals surface area contributed by atoms with Crippen molar-refractivity contribution in [2.45, 2.75) is 33.4 Å². The van der Waals surface area contributed by atoms with Crippen LogP contribution in [0.3, 0.4) is 0 Å². The van der Waals surface area contributed by atoms with Crippen LogP contribution in [0.1, 0.15) is 26.3 Å². The Hall–Kier alpha value is -1.88. The van der Waals surface area contributed by atoms with E-state index in [1.807, 2.05) is 51.1 Å². The van der Waals surface area contributed by atoms with Crippen molar-refractivity contribution in [3.05, 3.63) is 35.9 Å². The number of carbonyl (C=O) groups excluding carboxylic acids is 2. The van der Waals surface area contributed by atoms with Crippen LogP contribution in [0.25, 0.3) is 0 Å². The predicted molar refractivity (Wildman–Crippen MR) is 78.3 cm³/mol. The predicted octanol–water partition coefficient (Wildman–Crippen LogP) is 0.326. The molecule has 0 aliphatic heterocycles.